The van der Waals surface area contributed by atoms with Gasteiger partial charge in [-0.05, 0) is 31.2 Å². The molecule has 2 aromatic heterocycles. The molecule has 0 aliphatic rings. The first-order valence-corrected chi connectivity index (χ1v) is 8.90. The van der Waals surface area contributed by atoms with Crippen molar-refractivity contribution in [1.29, 1.82) is 0 Å². The molecule has 0 unspecified atom stereocenters. The Bertz CT molecular complexity index is 982. The number of nitrogens with one attached hydrogen (secondary N) is 1. The highest BCUT2D eigenvalue weighted by atomic mass is 79.9. The minimum Gasteiger partial charge on any atom is -0.505 e. The minimum atomic E-state index is -0.589. The SMILES string of the molecule is Cc1nc(CNC(=O)c2nn(-c3ccc(Br)cc3)c(=O)cc2O)cs1. The van der Waals surface area contributed by atoms with E-state index in [2.05, 4.69) is 31.3 Å². The number of carbonyl (C=O) groups excluding carboxylic acids is 1. The van der Waals surface area contributed by atoms with E-state index in [0.29, 0.717) is 5.69 Å². The van der Waals surface area contributed by atoms with Gasteiger partial charge in [-0.1, -0.05) is 15.9 Å². The second kappa shape index (κ2) is 7.16. The number of halogens is 1. The Hall–Kier alpha value is -2.52. The van der Waals surface area contributed by atoms with E-state index in [1.54, 1.807) is 24.3 Å². The Morgan fingerprint density at radius 3 is 2.72 bits per heavy atom. The molecule has 0 spiro atoms. The number of aryl methyl sites for hydroxylation is 1. The van der Waals surface area contributed by atoms with Crippen molar-refractivity contribution in [1.82, 2.24) is 20.1 Å². The van der Waals surface area contributed by atoms with Crippen molar-refractivity contribution in [2.24, 2.45) is 0 Å². The quantitative estimate of drug-likeness (QED) is 0.675. The number of aromatic hydroxyl groups is 1. The van der Waals surface area contributed by atoms with E-state index in [9.17, 15) is 14.7 Å². The molecule has 2 heterocycles. The molecular formula is C16H13BrN4O3S. The molecule has 25 heavy (non-hydrogen) atoms. The highest BCUT2D eigenvalue weighted by Gasteiger charge is 2.17. The van der Waals surface area contributed by atoms with Gasteiger partial charge >= 0.3 is 0 Å². The van der Waals surface area contributed by atoms with Crippen LogP contribution in [0.1, 0.15) is 21.2 Å². The third-order valence-corrected chi connectivity index (χ3v) is 4.65. The van der Waals surface area contributed by atoms with Crippen LogP contribution in [0.4, 0.5) is 0 Å². The highest BCUT2D eigenvalue weighted by molar-refractivity contribution is 9.10. The summed E-state index contributed by atoms with van der Waals surface area (Å²) in [5.41, 5.74) is 0.440. The first kappa shape index (κ1) is 17.3. The zero-order valence-electron chi connectivity index (χ0n) is 13.1. The van der Waals surface area contributed by atoms with E-state index in [0.717, 1.165) is 25.9 Å². The molecule has 128 valence electrons. The number of carbonyl (C=O) groups is 1. The van der Waals surface area contributed by atoms with Crippen LogP contribution < -0.4 is 10.9 Å². The Labute approximate surface area is 155 Å². The van der Waals surface area contributed by atoms with E-state index >= 15 is 0 Å². The van der Waals surface area contributed by atoms with E-state index in [-0.39, 0.29) is 12.2 Å². The van der Waals surface area contributed by atoms with E-state index < -0.39 is 17.2 Å². The number of hydrogen-bond donors (Lipinski definition) is 2. The summed E-state index contributed by atoms with van der Waals surface area (Å²) in [5, 5.41) is 19.3. The van der Waals surface area contributed by atoms with Gasteiger partial charge in [0.05, 0.1) is 22.9 Å². The van der Waals surface area contributed by atoms with Gasteiger partial charge in [0, 0.05) is 15.9 Å². The zero-order valence-corrected chi connectivity index (χ0v) is 15.5. The fourth-order valence-corrected chi connectivity index (χ4v) is 3.00. The topological polar surface area (TPSA) is 97.1 Å². The van der Waals surface area contributed by atoms with Gasteiger partial charge in [-0.25, -0.2) is 4.98 Å². The fourth-order valence-electron chi connectivity index (χ4n) is 2.12. The summed E-state index contributed by atoms with van der Waals surface area (Å²) in [6.45, 7) is 2.08. The first-order valence-electron chi connectivity index (χ1n) is 7.22. The second-order valence-corrected chi connectivity index (χ2v) is 7.12. The molecule has 0 saturated carbocycles. The maximum atomic E-state index is 12.3. The molecule has 3 rings (SSSR count). The molecular weight excluding hydrogens is 408 g/mol. The molecule has 0 radical (unpaired) electrons. The molecule has 0 bridgehead atoms. The smallest absolute Gasteiger partial charge is 0.275 e. The van der Waals surface area contributed by atoms with Crippen molar-refractivity contribution in [3.63, 3.8) is 0 Å². The van der Waals surface area contributed by atoms with Crippen molar-refractivity contribution in [2.75, 3.05) is 0 Å². The highest BCUT2D eigenvalue weighted by Crippen LogP contribution is 2.15. The molecule has 0 fully saturated rings. The second-order valence-electron chi connectivity index (χ2n) is 5.15. The third kappa shape index (κ3) is 3.94. The molecule has 7 nitrogen and oxygen atoms in total. The average molecular weight is 421 g/mol. The third-order valence-electron chi connectivity index (χ3n) is 3.29. The standard InChI is InChI=1S/C16H13BrN4O3S/c1-9-19-11(8-25-9)7-18-16(24)15-13(22)6-14(23)21(20-15)12-4-2-10(17)3-5-12/h2-6,8,22H,7H2,1H3,(H,18,24). The van der Waals surface area contributed by atoms with Crippen LogP contribution in [0.3, 0.4) is 0 Å². The summed E-state index contributed by atoms with van der Waals surface area (Å²) in [6.07, 6.45) is 0. The monoisotopic (exact) mass is 420 g/mol. The van der Waals surface area contributed by atoms with Gasteiger partial charge in [-0.15, -0.1) is 11.3 Å². The van der Waals surface area contributed by atoms with Crippen LogP contribution in [0, 0.1) is 6.92 Å². The molecule has 0 aliphatic carbocycles. The van der Waals surface area contributed by atoms with Crippen molar-refractivity contribution >= 4 is 33.2 Å². The Morgan fingerprint density at radius 2 is 2.08 bits per heavy atom. The molecule has 2 N–H and O–H groups in total. The lowest BCUT2D eigenvalue weighted by Gasteiger charge is -2.09. The lowest BCUT2D eigenvalue weighted by molar-refractivity contribution is 0.0940. The molecule has 0 atom stereocenters. The van der Waals surface area contributed by atoms with Crippen LogP contribution in [0.5, 0.6) is 5.75 Å². The summed E-state index contributed by atoms with van der Waals surface area (Å²) in [7, 11) is 0. The molecule has 3 aromatic rings. The fraction of sp³-hybridized carbons (Fsp3) is 0.125. The Morgan fingerprint density at radius 1 is 1.36 bits per heavy atom. The summed E-state index contributed by atoms with van der Waals surface area (Å²) < 4.78 is 1.91. The van der Waals surface area contributed by atoms with Crippen LogP contribution in [0.2, 0.25) is 0 Å². The molecule has 0 saturated heterocycles. The number of rotatable bonds is 4. The van der Waals surface area contributed by atoms with Gasteiger partial charge in [0.15, 0.2) is 11.4 Å². The van der Waals surface area contributed by atoms with Crippen molar-refractivity contribution in [3.05, 3.63) is 66.9 Å². The predicted octanol–water partition coefficient (Wildman–Crippen LogP) is 2.40. The summed E-state index contributed by atoms with van der Waals surface area (Å²) in [4.78, 5) is 28.6. The van der Waals surface area contributed by atoms with Gasteiger partial charge in [-0.2, -0.15) is 9.78 Å². The van der Waals surface area contributed by atoms with Crippen LogP contribution >= 0.6 is 27.3 Å². The number of nitrogens with zero attached hydrogens (tertiary/aromatic N) is 3. The van der Waals surface area contributed by atoms with Crippen molar-refractivity contribution < 1.29 is 9.90 Å². The van der Waals surface area contributed by atoms with E-state index in [1.165, 1.54) is 11.3 Å². The lowest BCUT2D eigenvalue weighted by atomic mass is 10.3. The number of benzene rings is 1. The molecule has 9 heteroatoms. The minimum absolute atomic E-state index is 0.210. The van der Waals surface area contributed by atoms with E-state index in [1.807, 2.05) is 12.3 Å². The number of thiazole rings is 1. The zero-order chi connectivity index (χ0) is 18.0. The summed E-state index contributed by atoms with van der Waals surface area (Å²) in [5.74, 6) is -1.06. The van der Waals surface area contributed by atoms with Crippen molar-refractivity contribution in [3.8, 4) is 11.4 Å². The normalized spacial score (nSPS) is 10.6. The van der Waals surface area contributed by atoms with Gasteiger partial charge in [0.1, 0.15) is 0 Å². The Balaban J connectivity index is 1.87. The predicted molar refractivity (Wildman–Crippen MR) is 97.2 cm³/mol. The summed E-state index contributed by atoms with van der Waals surface area (Å²) >= 11 is 4.79. The van der Waals surface area contributed by atoms with Crippen LogP contribution in [-0.2, 0) is 6.54 Å². The van der Waals surface area contributed by atoms with Crippen LogP contribution in [0.25, 0.3) is 5.69 Å². The average Bonchev–Trinajstić information content (AvgIpc) is 2.99. The van der Waals surface area contributed by atoms with Gasteiger partial charge < -0.3 is 10.4 Å². The largest absolute Gasteiger partial charge is 0.505 e. The maximum Gasteiger partial charge on any atom is 0.275 e. The maximum absolute atomic E-state index is 12.3. The molecule has 1 aromatic carbocycles. The number of hydrogen-bond acceptors (Lipinski definition) is 6. The van der Waals surface area contributed by atoms with Gasteiger partial charge in [-0.3, -0.25) is 9.59 Å². The Kier molecular flexibility index (Phi) is 4.95. The van der Waals surface area contributed by atoms with Gasteiger partial charge in [0.25, 0.3) is 11.5 Å². The van der Waals surface area contributed by atoms with Crippen LogP contribution in [0.15, 0.2) is 45.0 Å². The number of amides is 1. The summed E-state index contributed by atoms with van der Waals surface area (Å²) in [6, 6.07) is 7.82. The van der Waals surface area contributed by atoms with Crippen LogP contribution in [-0.4, -0.2) is 25.8 Å². The number of aromatic nitrogens is 3. The lowest BCUT2D eigenvalue weighted by Crippen LogP contribution is -2.29. The van der Waals surface area contributed by atoms with E-state index in [4.69, 9.17) is 0 Å². The molecule has 0 aliphatic heterocycles. The molecule has 1 amide bonds. The van der Waals surface area contributed by atoms with Gasteiger partial charge in [0.2, 0.25) is 0 Å². The first-order chi connectivity index (χ1) is 11.9. The van der Waals surface area contributed by atoms with Crippen molar-refractivity contribution in [2.45, 2.75) is 13.5 Å².